The van der Waals surface area contributed by atoms with Gasteiger partial charge in [0.1, 0.15) is 5.82 Å². The summed E-state index contributed by atoms with van der Waals surface area (Å²) in [6, 6.07) is 6.53. The van der Waals surface area contributed by atoms with E-state index >= 15 is 0 Å². The number of hydrogen-bond donors (Lipinski definition) is 1. The third-order valence-electron chi connectivity index (χ3n) is 3.80. The van der Waals surface area contributed by atoms with Gasteiger partial charge in [0.2, 0.25) is 5.91 Å². The molecule has 5 heteroatoms. The van der Waals surface area contributed by atoms with E-state index in [1.165, 1.54) is 17.8 Å². The van der Waals surface area contributed by atoms with Gasteiger partial charge in [-0.05, 0) is 24.5 Å². The Morgan fingerprint density at radius 3 is 2.95 bits per heavy atom. The van der Waals surface area contributed by atoms with Gasteiger partial charge in [-0.15, -0.1) is 11.8 Å². The number of carbonyl (C=O) groups excluding carboxylic acids is 1. The van der Waals surface area contributed by atoms with Crippen LogP contribution in [0.5, 0.6) is 0 Å². The molecule has 1 heterocycles. The average molecular weight is 297 g/mol. The van der Waals surface area contributed by atoms with E-state index in [0.29, 0.717) is 23.0 Å². The van der Waals surface area contributed by atoms with Crippen LogP contribution in [0.4, 0.5) is 4.39 Å². The number of rotatable bonds is 5. The number of hydrogen-bond acceptors (Lipinski definition) is 3. The van der Waals surface area contributed by atoms with E-state index < -0.39 is 0 Å². The fourth-order valence-corrected chi connectivity index (χ4v) is 3.43. The lowest BCUT2D eigenvalue weighted by Gasteiger charge is -2.25. The van der Waals surface area contributed by atoms with E-state index in [9.17, 15) is 14.3 Å². The largest absolute Gasteiger partial charge is 0.394 e. The first kappa shape index (κ1) is 15.3. The van der Waals surface area contributed by atoms with Gasteiger partial charge >= 0.3 is 0 Å². The molecule has 1 saturated heterocycles. The van der Waals surface area contributed by atoms with Crippen LogP contribution in [-0.2, 0) is 4.79 Å². The normalized spacial score (nSPS) is 22.2. The predicted molar refractivity (Wildman–Crippen MR) is 78.1 cm³/mol. The zero-order valence-electron chi connectivity index (χ0n) is 11.6. The van der Waals surface area contributed by atoms with Crippen molar-refractivity contribution in [1.82, 2.24) is 4.90 Å². The number of halogens is 1. The molecule has 2 unspecified atom stereocenters. The summed E-state index contributed by atoms with van der Waals surface area (Å²) in [5, 5.41) is 9.35. The van der Waals surface area contributed by atoms with Crippen molar-refractivity contribution in [3.05, 3.63) is 30.1 Å². The minimum atomic E-state index is -0.243. The van der Waals surface area contributed by atoms with Gasteiger partial charge in [-0.2, -0.15) is 0 Å². The molecule has 0 aromatic heterocycles. The van der Waals surface area contributed by atoms with E-state index in [1.54, 1.807) is 23.1 Å². The zero-order valence-corrected chi connectivity index (χ0v) is 12.4. The molecule has 0 bridgehead atoms. The molecule has 1 aromatic rings. The summed E-state index contributed by atoms with van der Waals surface area (Å²) < 4.78 is 13.4. The predicted octanol–water partition coefficient (Wildman–Crippen LogP) is 2.54. The van der Waals surface area contributed by atoms with Gasteiger partial charge in [-0.25, -0.2) is 4.39 Å². The van der Waals surface area contributed by atoms with Gasteiger partial charge in [-0.1, -0.05) is 19.1 Å². The lowest BCUT2D eigenvalue weighted by atomic mass is 10.0. The summed E-state index contributed by atoms with van der Waals surface area (Å²) in [5.41, 5.74) is 0. The number of thioether (sulfide) groups is 1. The smallest absolute Gasteiger partial charge is 0.223 e. The summed E-state index contributed by atoms with van der Waals surface area (Å²) in [5.74, 6) is 0.719. The van der Waals surface area contributed by atoms with E-state index in [1.807, 2.05) is 0 Å². The Kier molecular flexibility index (Phi) is 5.43. The first-order valence-electron chi connectivity index (χ1n) is 6.91. The SMILES string of the molecule is CC1CCN(C(=O)CCSc2ccccc2F)C1CO. The van der Waals surface area contributed by atoms with Crippen LogP contribution < -0.4 is 0 Å². The van der Waals surface area contributed by atoms with E-state index in [-0.39, 0.29) is 24.4 Å². The van der Waals surface area contributed by atoms with Crippen molar-refractivity contribution in [2.24, 2.45) is 5.92 Å². The first-order valence-corrected chi connectivity index (χ1v) is 7.89. The fraction of sp³-hybridized carbons (Fsp3) is 0.533. The molecule has 0 radical (unpaired) electrons. The molecule has 20 heavy (non-hydrogen) atoms. The maximum absolute atomic E-state index is 13.4. The highest BCUT2D eigenvalue weighted by Gasteiger charge is 2.33. The van der Waals surface area contributed by atoms with Crippen LogP contribution in [0.25, 0.3) is 0 Å². The van der Waals surface area contributed by atoms with Crippen LogP contribution in [-0.4, -0.2) is 40.9 Å². The second-order valence-electron chi connectivity index (χ2n) is 5.13. The molecule has 1 aliphatic rings. The molecule has 2 rings (SSSR count). The highest BCUT2D eigenvalue weighted by molar-refractivity contribution is 7.99. The summed E-state index contributed by atoms with van der Waals surface area (Å²) >= 11 is 1.36. The van der Waals surface area contributed by atoms with Crippen LogP contribution in [0.3, 0.4) is 0 Å². The van der Waals surface area contributed by atoms with Crippen LogP contribution in [0, 0.1) is 11.7 Å². The zero-order chi connectivity index (χ0) is 14.5. The standard InChI is InChI=1S/C15H20FNO2S/c1-11-6-8-17(13(11)10-18)15(19)7-9-20-14-5-3-2-4-12(14)16/h2-5,11,13,18H,6-10H2,1H3. The molecule has 110 valence electrons. The van der Waals surface area contributed by atoms with E-state index in [0.717, 1.165) is 13.0 Å². The van der Waals surface area contributed by atoms with E-state index in [4.69, 9.17) is 0 Å². The number of nitrogens with zero attached hydrogens (tertiary/aromatic N) is 1. The Labute approximate surface area is 123 Å². The van der Waals surface area contributed by atoms with Crippen LogP contribution >= 0.6 is 11.8 Å². The molecule has 0 saturated carbocycles. The highest BCUT2D eigenvalue weighted by Crippen LogP contribution is 2.26. The monoisotopic (exact) mass is 297 g/mol. The second-order valence-corrected chi connectivity index (χ2v) is 6.27. The highest BCUT2D eigenvalue weighted by atomic mass is 32.2. The van der Waals surface area contributed by atoms with Crippen molar-refractivity contribution in [1.29, 1.82) is 0 Å². The van der Waals surface area contributed by atoms with Crippen LogP contribution in [0.1, 0.15) is 19.8 Å². The van der Waals surface area contributed by atoms with Gasteiger partial charge in [0.25, 0.3) is 0 Å². The molecular weight excluding hydrogens is 277 g/mol. The third-order valence-corrected chi connectivity index (χ3v) is 4.85. The Bertz CT molecular complexity index is 469. The molecule has 1 aromatic carbocycles. The number of aliphatic hydroxyl groups excluding tert-OH is 1. The topological polar surface area (TPSA) is 40.5 Å². The quantitative estimate of drug-likeness (QED) is 0.849. The van der Waals surface area contributed by atoms with Gasteiger partial charge < -0.3 is 10.0 Å². The Hall–Kier alpha value is -1.07. The van der Waals surface area contributed by atoms with Crippen molar-refractivity contribution < 1.29 is 14.3 Å². The van der Waals surface area contributed by atoms with Crippen molar-refractivity contribution in [2.75, 3.05) is 18.9 Å². The molecular formula is C15H20FNO2S. The lowest BCUT2D eigenvalue weighted by Crippen LogP contribution is -2.39. The van der Waals surface area contributed by atoms with Crippen LogP contribution in [0.15, 0.2) is 29.2 Å². The summed E-state index contributed by atoms with van der Waals surface area (Å²) in [6.45, 7) is 2.80. The maximum atomic E-state index is 13.4. The second kappa shape index (κ2) is 7.09. The number of carbonyl (C=O) groups is 1. The molecule has 1 N–H and O–H groups in total. The van der Waals surface area contributed by atoms with Gasteiger partial charge in [-0.3, -0.25) is 4.79 Å². The number of amides is 1. The van der Waals surface area contributed by atoms with Crippen molar-refractivity contribution in [3.8, 4) is 0 Å². The Morgan fingerprint density at radius 2 is 2.25 bits per heavy atom. The maximum Gasteiger partial charge on any atom is 0.223 e. The summed E-state index contributed by atoms with van der Waals surface area (Å²) in [4.78, 5) is 14.5. The van der Waals surface area contributed by atoms with Gasteiger partial charge in [0.05, 0.1) is 12.6 Å². The molecule has 1 amide bonds. The van der Waals surface area contributed by atoms with Gasteiger partial charge in [0.15, 0.2) is 0 Å². The lowest BCUT2D eigenvalue weighted by molar-refractivity contribution is -0.132. The molecule has 3 nitrogen and oxygen atoms in total. The fourth-order valence-electron chi connectivity index (χ4n) is 2.55. The summed E-state index contributed by atoms with van der Waals surface area (Å²) in [7, 11) is 0. The molecule has 0 aliphatic carbocycles. The minimum Gasteiger partial charge on any atom is -0.394 e. The average Bonchev–Trinajstić information content (AvgIpc) is 2.82. The molecule has 1 fully saturated rings. The minimum absolute atomic E-state index is 0.0212. The van der Waals surface area contributed by atoms with E-state index in [2.05, 4.69) is 6.92 Å². The van der Waals surface area contributed by atoms with Gasteiger partial charge in [0, 0.05) is 23.6 Å². The van der Waals surface area contributed by atoms with Crippen molar-refractivity contribution in [3.63, 3.8) is 0 Å². The molecule has 0 spiro atoms. The Morgan fingerprint density at radius 1 is 1.50 bits per heavy atom. The number of aliphatic hydroxyl groups is 1. The van der Waals surface area contributed by atoms with Crippen molar-refractivity contribution >= 4 is 17.7 Å². The molecule has 1 aliphatic heterocycles. The Balaban J connectivity index is 1.82. The summed E-state index contributed by atoms with van der Waals surface area (Å²) in [6.07, 6.45) is 1.32. The third kappa shape index (κ3) is 3.52. The number of benzene rings is 1. The first-order chi connectivity index (χ1) is 9.63. The van der Waals surface area contributed by atoms with Crippen molar-refractivity contribution in [2.45, 2.75) is 30.7 Å². The molecule has 2 atom stereocenters. The number of likely N-dealkylation sites (tertiary alicyclic amines) is 1. The van der Waals surface area contributed by atoms with Crippen LogP contribution in [0.2, 0.25) is 0 Å².